The smallest absolute Gasteiger partial charge is 0.222 e. The topological polar surface area (TPSA) is 58.4 Å². The van der Waals surface area contributed by atoms with E-state index in [0.29, 0.717) is 12.3 Å². The van der Waals surface area contributed by atoms with Gasteiger partial charge in [0.1, 0.15) is 11.6 Å². The maximum Gasteiger partial charge on any atom is 0.222 e. The fourth-order valence-electron chi connectivity index (χ4n) is 4.25. The van der Waals surface area contributed by atoms with Gasteiger partial charge < -0.3 is 14.6 Å². The monoisotopic (exact) mass is 367 g/mol. The molecule has 2 fully saturated rings. The Morgan fingerprint density at radius 2 is 1.85 bits per heavy atom. The van der Waals surface area contributed by atoms with Gasteiger partial charge in [-0.05, 0) is 55.7 Å². The number of phenolic OH excluding ortho intramolecular Hbond substituents is 1. The number of carbonyl (C=O) groups excluding carboxylic acids is 1. The largest absolute Gasteiger partial charge is 0.508 e. The van der Waals surface area contributed by atoms with Gasteiger partial charge in [0.05, 0.1) is 0 Å². The van der Waals surface area contributed by atoms with Gasteiger partial charge in [-0.2, -0.15) is 0 Å². The standard InChI is InChI=1S/C22H29N3O2/c26-20-7-4-17(5-8-20)6-9-21(27)24-13-10-19(11-14-24)22-23-12-15-25(22)16-18-2-1-3-18/h4-5,7-8,12,15,18-19,26H,1-3,6,9-11,13-14,16H2. The number of aromatic hydroxyl groups is 1. The van der Waals surface area contributed by atoms with E-state index in [2.05, 4.69) is 15.7 Å². The van der Waals surface area contributed by atoms with Crippen LogP contribution in [0.5, 0.6) is 5.75 Å². The molecule has 2 heterocycles. The molecule has 0 unspecified atom stereocenters. The highest BCUT2D eigenvalue weighted by Gasteiger charge is 2.27. The summed E-state index contributed by atoms with van der Waals surface area (Å²) in [6.07, 6.45) is 11.4. The predicted octanol–water partition coefficient (Wildman–Crippen LogP) is 3.73. The lowest BCUT2D eigenvalue weighted by Crippen LogP contribution is -2.38. The first-order chi connectivity index (χ1) is 13.2. The Kier molecular flexibility index (Phi) is 5.46. The fourth-order valence-corrected chi connectivity index (χ4v) is 4.25. The van der Waals surface area contributed by atoms with Crippen molar-refractivity contribution in [2.45, 2.75) is 57.4 Å². The van der Waals surface area contributed by atoms with Gasteiger partial charge in [0.25, 0.3) is 0 Å². The molecule has 27 heavy (non-hydrogen) atoms. The summed E-state index contributed by atoms with van der Waals surface area (Å²) in [5.74, 6) is 3.03. The number of aryl methyl sites for hydroxylation is 1. The van der Waals surface area contributed by atoms with Gasteiger partial charge in [-0.25, -0.2) is 4.98 Å². The number of hydrogen-bond acceptors (Lipinski definition) is 3. The molecule has 1 aliphatic carbocycles. The van der Waals surface area contributed by atoms with Crippen LogP contribution < -0.4 is 0 Å². The zero-order valence-electron chi connectivity index (χ0n) is 15.9. The lowest BCUT2D eigenvalue weighted by atomic mass is 9.85. The van der Waals surface area contributed by atoms with Crippen molar-refractivity contribution in [1.29, 1.82) is 0 Å². The Labute approximate surface area is 161 Å². The minimum absolute atomic E-state index is 0.235. The molecule has 144 valence electrons. The second kappa shape index (κ2) is 8.15. The molecule has 0 bridgehead atoms. The molecule has 1 saturated heterocycles. The molecule has 0 spiro atoms. The average Bonchev–Trinajstić information content (AvgIpc) is 3.12. The quantitative estimate of drug-likeness (QED) is 0.846. The Hall–Kier alpha value is -2.30. The number of hydrogen-bond donors (Lipinski definition) is 1. The van der Waals surface area contributed by atoms with Crippen molar-refractivity contribution in [3.63, 3.8) is 0 Å². The van der Waals surface area contributed by atoms with Crippen LogP contribution in [0.25, 0.3) is 0 Å². The maximum absolute atomic E-state index is 12.5. The molecule has 1 aliphatic heterocycles. The SMILES string of the molecule is O=C(CCc1ccc(O)cc1)N1CCC(c2nccn2CC2CCC2)CC1. The van der Waals surface area contributed by atoms with Crippen LogP contribution in [0.15, 0.2) is 36.7 Å². The van der Waals surface area contributed by atoms with E-state index in [4.69, 9.17) is 0 Å². The first-order valence-corrected chi connectivity index (χ1v) is 10.3. The number of aromatic nitrogens is 2. The molecule has 5 nitrogen and oxygen atoms in total. The summed E-state index contributed by atoms with van der Waals surface area (Å²) in [4.78, 5) is 19.2. The first kappa shape index (κ1) is 18.1. The minimum atomic E-state index is 0.235. The second-order valence-corrected chi connectivity index (χ2v) is 8.06. The van der Waals surface area contributed by atoms with Gasteiger partial charge in [-0.3, -0.25) is 4.79 Å². The van der Waals surface area contributed by atoms with Crippen LogP contribution in [0, 0.1) is 5.92 Å². The zero-order chi connectivity index (χ0) is 18.6. The highest BCUT2D eigenvalue weighted by molar-refractivity contribution is 5.76. The molecule has 1 aromatic heterocycles. The number of nitrogens with zero attached hydrogens (tertiary/aromatic N) is 3. The molecule has 5 heteroatoms. The summed E-state index contributed by atoms with van der Waals surface area (Å²) in [7, 11) is 0. The van der Waals surface area contributed by atoms with Crippen LogP contribution in [0.4, 0.5) is 0 Å². The summed E-state index contributed by atoms with van der Waals surface area (Å²) in [6.45, 7) is 2.77. The van der Waals surface area contributed by atoms with Crippen molar-refractivity contribution in [2.24, 2.45) is 5.92 Å². The van der Waals surface area contributed by atoms with Crippen molar-refractivity contribution in [1.82, 2.24) is 14.5 Å². The van der Waals surface area contributed by atoms with Crippen molar-refractivity contribution in [3.05, 3.63) is 48.0 Å². The molecule has 1 aromatic carbocycles. The van der Waals surface area contributed by atoms with Crippen LogP contribution in [0.3, 0.4) is 0 Å². The van der Waals surface area contributed by atoms with Gasteiger partial charge in [0.15, 0.2) is 0 Å². The molecule has 2 aliphatic rings. The van der Waals surface area contributed by atoms with Crippen molar-refractivity contribution in [2.75, 3.05) is 13.1 Å². The molecule has 1 saturated carbocycles. The van der Waals surface area contributed by atoms with Gasteiger partial charge in [-0.1, -0.05) is 18.6 Å². The number of imidazole rings is 1. The normalized spacial score (nSPS) is 18.4. The number of carbonyl (C=O) groups is 1. The predicted molar refractivity (Wildman–Crippen MR) is 105 cm³/mol. The summed E-state index contributed by atoms with van der Waals surface area (Å²) >= 11 is 0. The van der Waals surface area contributed by atoms with Crippen LogP contribution in [0.1, 0.15) is 55.8 Å². The first-order valence-electron chi connectivity index (χ1n) is 10.3. The van der Waals surface area contributed by atoms with Gasteiger partial charge in [-0.15, -0.1) is 0 Å². The Morgan fingerprint density at radius 1 is 1.11 bits per heavy atom. The van der Waals surface area contributed by atoms with Crippen molar-refractivity contribution in [3.8, 4) is 5.75 Å². The number of piperidine rings is 1. The van der Waals surface area contributed by atoms with Crippen LogP contribution in [0.2, 0.25) is 0 Å². The average molecular weight is 367 g/mol. The maximum atomic E-state index is 12.5. The van der Waals surface area contributed by atoms with Gasteiger partial charge in [0.2, 0.25) is 5.91 Å². The molecule has 0 radical (unpaired) electrons. The van der Waals surface area contributed by atoms with Gasteiger partial charge in [0, 0.05) is 44.4 Å². The van der Waals surface area contributed by atoms with E-state index in [1.165, 1.54) is 25.1 Å². The van der Waals surface area contributed by atoms with E-state index in [9.17, 15) is 9.90 Å². The summed E-state index contributed by atoms with van der Waals surface area (Å²) < 4.78 is 2.36. The van der Waals surface area contributed by atoms with Crippen LogP contribution in [-0.2, 0) is 17.8 Å². The molecule has 4 rings (SSSR count). The summed E-state index contributed by atoms with van der Waals surface area (Å²) in [5, 5.41) is 9.34. The highest BCUT2D eigenvalue weighted by Crippen LogP contribution is 2.31. The van der Waals surface area contributed by atoms with Crippen molar-refractivity contribution >= 4 is 5.91 Å². The minimum Gasteiger partial charge on any atom is -0.508 e. The third-order valence-corrected chi connectivity index (χ3v) is 6.20. The van der Waals surface area contributed by atoms with E-state index in [0.717, 1.165) is 50.4 Å². The number of rotatable bonds is 6. The third kappa shape index (κ3) is 4.34. The van der Waals surface area contributed by atoms with Gasteiger partial charge >= 0.3 is 0 Å². The van der Waals surface area contributed by atoms with E-state index >= 15 is 0 Å². The van der Waals surface area contributed by atoms with Crippen molar-refractivity contribution < 1.29 is 9.90 Å². The summed E-state index contributed by atoms with van der Waals surface area (Å²) in [5.41, 5.74) is 1.09. The Morgan fingerprint density at radius 3 is 2.52 bits per heavy atom. The molecule has 0 atom stereocenters. The van der Waals surface area contributed by atoms with E-state index in [-0.39, 0.29) is 11.7 Å². The van der Waals surface area contributed by atoms with E-state index in [1.807, 2.05) is 23.2 Å². The lowest BCUT2D eigenvalue weighted by molar-refractivity contribution is -0.132. The summed E-state index contributed by atoms with van der Waals surface area (Å²) in [6, 6.07) is 7.13. The Balaban J connectivity index is 1.26. The number of likely N-dealkylation sites (tertiary alicyclic amines) is 1. The van der Waals surface area contributed by atoms with Crippen LogP contribution >= 0.6 is 0 Å². The van der Waals surface area contributed by atoms with Crippen LogP contribution in [-0.4, -0.2) is 38.6 Å². The fraction of sp³-hybridized carbons (Fsp3) is 0.545. The lowest BCUT2D eigenvalue weighted by Gasteiger charge is -2.33. The van der Waals surface area contributed by atoms with E-state index in [1.54, 1.807) is 12.1 Å². The van der Waals surface area contributed by atoms with E-state index < -0.39 is 0 Å². The molecular weight excluding hydrogens is 338 g/mol. The number of benzene rings is 1. The highest BCUT2D eigenvalue weighted by atomic mass is 16.3. The number of amides is 1. The molecular formula is C22H29N3O2. The number of phenols is 1. The molecule has 1 N–H and O–H groups in total. The third-order valence-electron chi connectivity index (χ3n) is 6.20. The molecule has 1 amide bonds. The zero-order valence-corrected chi connectivity index (χ0v) is 15.9. The molecule has 2 aromatic rings. The second-order valence-electron chi connectivity index (χ2n) is 8.06. The Bertz CT molecular complexity index is 756.